The van der Waals surface area contributed by atoms with Crippen LogP contribution in [0.4, 0.5) is 11.4 Å². The first kappa shape index (κ1) is 16.1. The third-order valence-corrected chi connectivity index (χ3v) is 4.65. The summed E-state index contributed by atoms with van der Waals surface area (Å²) in [7, 11) is 0. The Morgan fingerprint density at radius 3 is 2.42 bits per heavy atom. The van der Waals surface area contributed by atoms with E-state index in [-0.39, 0.29) is 11.8 Å². The maximum Gasteiger partial charge on any atom is 0.255 e. The van der Waals surface area contributed by atoms with Gasteiger partial charge in [-0.15, -0.1) is 0 Å². The molecule has 0 fully saturated rings. The van der Waals surface area contributed by atoms with E-state index in [1.807, 2.05) is 71.6 Å². The lowest BCUT2D eigenvalue weighted by Gasteiger charge is -2.15. The van der Waals surface area contributed by atoms with Gasteiger partial charge in [-0.1, -0.05) is 0 Å². The number of benzene rings is 2. The summed E-state index contributed by atoms with van der Waals surface area (Å²) in [6.45, 7) is 2.27. The molecule has 0 aliphatic carbocycles. The van der Waals surface area contributed by atoms with Crippen molar-refractivity contribution in [2.45, 2.75) is 13.3 Å². The number of carbonyl (C=O) groups excluding carboxylic acids is 2. The normalized spacial score (nSPS) is 12.7. The van der Waals surface area contributed by atoms with Crippen molar-refractivity contribution in [3.8, 4) is 5.69 Å². The number of nitrogens with one attached hydrogen (secondary N) is 1. The number of rotatable bonds is 3. The Hall–Kier alpha value is -3.34. The van der Waals surface area contributed by atoms with Crippen molar-refractivity contribution in [2.75, 3.05) is 16.8 Å². The molecule has 0 bridgehead atoms. The van der Waals surface area contributed by atoms with Crippen molar-refractivity contribution >= 4 is 23.2 Å². The van der Waals surface area contributed by atoms with Gasteiger partial charge in [0, 0.05) is 48.5 Å². The Kier molecular flexibility index (Phi) is 4.05. The maximum absolute atomic E-state index is 12.5. The molecule has 5 heteroatoms. The molecule has 4 rings (SSSR count). The van der Waals surface area contributed by atoms with Crippen LogP contribution in [0.15, 0.2) is 67.0 Å². The average molecular weight is 345 g/mol. The number of amides is 2. The number of fused-ring (bicyclic) bond motifs is 1. The minimum absolute atomic E-state index is 0.0447. The first-order valence-electron chi connectivity index (χ1n) is 8.57. The van der Waals surface area contributed by atoms with E-state index in [4.69, 9.17) is 0 Å². The van der Waals surface area contributed by atoms with E-state index in [0.717, 1.165) is 29.0 Å². The number of nitrogens with zero attached hydrogens (tertiary/aromatic N) is 2. The van der Waals surface area contributed by atoms with Crippen molar-refractivity contribution in [1.29, 1.82) is 0 Å². The van der Waals surface area contributed by atoms with E-state index < -0.39 is 0 Å². The summed E-state index contributed by atoms with van der Waals surface area (Å²) in [5, 5.41) is 2.94. The Morgan fingerprint density at radius 1 is 1.00 bits per heavy atom. The van der Waals surface area contributed by atoms with Crippen LogP contribution in [-0.2, 0) is 11.2 Å². The highest BCUT2D eigenvalue weighted by Gasteiger charge is 2.22. The third-order valence-electron chi connectivity index (χ3n) is 4.65. The summed E-state index contributed by atoms with van der Waals surface area (Å²) in [5.74, 6) is -0.103. The highest BCUT2D eigenvalue weighted by atomic mass is 16.2. The molecule has 2 heterocycles. The zero-order valence-electron chi connectivity index (χ0n) is 14.5. The molecule has 0 spiro atoms. The van der Waals surface area contributed by atoms with Gasteiger partial charge in [0.25, 0.3) is 5.91 Å². The summed E-state index contributed by atoms with van der Waals surface area (Å²) < 4.78 is 1.99. The Balaban J connectivity index is 1.49. The van der Waals surface area contributed by atoms with Gasteiger partial charge in [0.1, 0.15) is 0 Å². The lowest BCUT2D eigenvalue weighted by atomic mass is 10.1. The predicted molar refractivity (Wildman–Crippen MR) is 102 cm³/mol. The van der Waals surface area contributed by atoms with Crippen LogP contribution in [0, 0.1) is 0 Å². The molecule has 26 heavy (non-hydrogen) atoms. The molecule has 0 unspecified atom stereocenters. The zero-order chi connectivity index (χ0) is 18.1. The molecular weight excluding hydrogens is 326 g/mol. The molecule has 1 aliphatic heterocycles. The van der Waals surface area contributed by atoms with Gasteiger partial charge in [0.2, 0.25) is 5.91 Å². The van der Waals surface area contributed by atoms with Crippen molar-refractivity contribution in [3.05, 3.63) is 78.1 Å². The van der Waals surface area contributed by atoms with Gasteiger partial charge in [-0.05, 0) is 66.6 Å². The van der Waals surface area contributed by atoms with Crippen molar-refractivity contribution in [1.82, 2.24) is 4.57 Å². The van der Waals surface area contributed by atoms with Gasteiger partial charge in [-0.25, -0.2) is 0 Å². The first-order chi connectivity index (χ1) is 12.6. The molecule has 0 atom stereocenters. The minimum atomic E-state index is -0.148. The second-order valence-corrected chi connectivity index (χ2v) is 6.36. The van der Waals surface area contributed by atoms with Gasteiger partial charge < -0.3 is 14.8 Å². The summed E-state index contributed by atoms with van der Waals surface area (Å²) in [4.78, 5) is 25.9. The molecule has 1 aliphatic rings. The monoisotopic (exact) mass is 345 g/mol. The SMILES string of the molecule is CC(=O)N1CCc2cc(NC(=O)c3ccc(-n4cccc4)cc3)ccc21. The van der Waals surface area contributed by atoms with Crippen LogP contribution in [0.1, 0.15) is 22.8 Å². The molecule has 130 valence electrons. The molecule has 0 saturated carbocycles. The summed E-state index contributed by atoms with van der Waals surface area (Å²) in [6.07, 6.45) is 4.73. The smallest absolute Gasteiger partial charge is 0.255 e. The molecule has 1 aromatic heterocycles. The molecule has 0 saturated heterocycles. The quantitative estimate of drug-likeness (QED) is 0.788. The van der Waals surface area contributed by atoms with Crippen LogP contribution >= 0.6 is 0 Å². The van der Waals surface area contributed by atoms with E-state index in [1.54, 1.807) is 11.8 Å². The Labute approximate surface area is 151 Å². The van der Waals surface area contributed by atoms with Crippen LogP contribution in [0.5, 0.6) is 0 Å². The van der Waals surface area contributed by atoms with Crippen LogP contribution in [0.25, 0.3) is 5.69 Å². The largest absolute Gasteiger partial charge is 0.324 e. The molecule has 1 N–H and O–H groups in total. The van der Waals surface area contributed by atoms with Gasteiger partial charge in [0.15, 0.2) is 0 Å². The average Bonchev–Trinajstić information content (AvgIpc) is 3.31. The van der Waals surface area contributed by atoms with Gasteiger partial charge in [0.05, 0.1) is 0 Å². The summed E-state index contributed by atoms with van der Waals surface area (Å²) in [6, 6.07) is 17.1. The van der Waals surface area contributed by atoms with E-state index >= 15 is 0 Å². The van der Waals surface area contributed by atoms with Gasteiger partial charge in [-0.2, -0.15) is 0 Å². The van der Waals surface area contributed by atoms with Gasteiger partial charge >= 0.3 is 0 Å². The fraction of sp³-hybridized carbons (Fsp3) is 0.143. The molecule has 5 nitrogen and oxygen atoms in total. The zero-order valence-corrected chi connectivity index (χ0v) is 14.5. The second kappa shape index (κ2) is 6.52. The highest BCUT2D eigenvalue weighted by molar-refractivity contribution is 6.04. The molecule has 0 radical (unpaired) electrons. The van der Waals surface area contributed by atoms with Crippen LogP contribution in [0.2, 0.25) is 0 Å². The molecule has 2 aromatic carbocycles. The Bertz CT molecular complexity index is 959. The van der Waals surface area contributed by atoms with E-state index in [2.05, 4.69) is 5.32 Å². The molecular formula is C21H19N3O2. The number of hydrogen-bond acceptors (Lipinski definition) is 2. The third kappa shape index (κ3) is 2.99. The fourth-order valence-corrected chi connectivity index (χ4v) is 3.30. The Morgan fingerprint density at radius 2 is 1.73 bits per heavy atom. The molecule has 3 aromatic rings. The first-order valence-corrected chi connectivity index (χ1v) is 8.57. The number of hydrogen-bond donors (Lipinski definition) is 1. The number of carbonyl (C=O) groups is 2. The minimum Gasteiger partial charge on any atom is -0.324 e. The second-order valence-electron chi connectivity index (χ2n) is 6.36. The van der Waals surface area contributed by atoms with Gasteiger partial charge in [-0.3, -0.25) is 9.59 Å². The molecule has 2 amide bonds. The number of anilines is 2. The topological polar surface area (TPSA) is 54.3 Å². The lowest BCUT2D eigenvalue weighted by molar-refractivity contribution is -0.116. The van der Waals surface area contributed by atoms with Crippen LogP contribution in [-0.4, -0.2) is 22.9 Å². The summed E-state index contributed by atoms with van der Waals surface area (Å²) >= 11 is 0. The van der Waals surface area contributed by atoms with Crippen LogP contribution < -0.4 is 10.2 Å². The lowest BCUT2D eigenvalue weighted by Crippen LogP contribution is -2.25. The maximum atomic E-state index is 12.5. The van der Waals surface area contributed by atoms with E-state index in [9.17, 15) is 9.59 Å². The van der Waals surface area contributed by atoms with E-state index in [1.165, 1.54) is 0 Å². The fourth-order valence-electron chi connectivity index (χ4n) is 3.30. The van der Waals surface area contributed by atoms with Crippen molar-refractivity contribution < 1.29 is 9.59 Å². The number of aromatic nitrogens is 1. The van der Waals surface area contributed by atoms with Crippen molar-refractivity contribution in [3.63, 3.8) is 0 Å². The standard InChI is InChI=1S/C21H19N3O2/c1-15(25)24-13-10-17-14-18(6-9-20(17)24)22-21(26)16-4-7-19(8-5-16)23-11-2-3-12-23/h2-9,11-12,14H,10,13H2,1H3,(H,22,26). The summed E-state index contributed by atoms with van der Waals surface area (Å²) in [5.41, 5.74) is 4.38. The van der Waals surface area contributed by atoms with E-state index in [0.29, 0.717) is 12.1 Å². The highest BCUT2D eigenvalue weighted by Crippen LogP contribution is 2.30. The predicted octanol–water partition coefficient (Wildman–Crippen LogP) is 3.64. The van der Waals surface area contributed by atoms with Crippen LogP contribution in [0.3, 0.4) is 0 Å². The van der Waals surface area contributed by atoms with Crippen molar-refractivity contribution in [2.24, 2.45) is 0 Å².